The molecule has 3 aromatic carbocycles. The third kappa shape index (κ3) is 7.24. The van der Waals surface area contributed by atoms with Crippen LogP contribution in [-0.2, 0) is 6.42 Å². The molecule has 0 saturated heterocycles. The molecule has 0 radical (unpaired) electrons. The summed E-state index contributed by atoms with van der Waals surface area (Å²) in [5.41, 5.74) is 15.0. The zero-order valence-electron chi connectivity index (χ0n) is 19.1. The number of carboxylic acids is 1. The van der Waals surface area contributed by atoms with Gasteiger partial charge in [-0.3, -0.25) is 4.79 Å². The van der Waals surface area contributed by atoms with E-state index in [0.29, 0.717) is 34.9 Å². The van der Waals surface area contributed by atoms with Crippen molar-refractivity contribution in [3.8, 4) is 5.75 Å². The van der Waals surface area contributed by atoms with E-state index in [0.717, 1.165) is 37.7 Å². The molecule has 0 unspecified atom stereocenters. The van der Waals surface area contributed by atoms with Crippen LogP contribution in [0.2, 0.25) is 0 Å². The molecule has 0 aromatic heterocycles. The standard InChI is InChI=1S/C28H30N2O4/c29-23-14-16-27(25(30)19-23)34-17-7-2-1-4-8-20-11-12-21(24(18-20)28(32)33)13-15-26(31)22-9-5-3-6-10-22/h3,5-6,9-16,18-19H,1-2,4,7-8,17,29-30H2,(H,32,33). The fourth-order valence-corrected chi connectivity index (χ4v) is 3.62. The molecule has 0 aliphatic rings. The van der Waals surface area contributed by atoms with E-state index in [1.165, 1.54) is 6.08 Å². The molecule has 0 fully saturated rings. The maximum Gasteiger partial charge on any atom is 0.336 e. The van der Waals surface area contributed by atoms with Crippen LogP contribution < -0.4 is 16.2 Å². The first kappa shape index (κ1) is 24.6. The summed E-state index contributed by atoms with van der Waals surface area (Å²) >= 11 is 0. The van der Waals surface area contributed by atoms with Gasteiger partial charge >= 0.3 is 5.97 Å². The molecule has 0 aliphatic carbocycles. The molecule has 3 aromatic rings. The van der Waals surface area contributed by atoms with Crippen molar-refractivity contribution in [2.24, 2.45) is 0 Å². The number of nitrogens with two attached hydrogens (primary N) is 2. The quantitative estimate of drug-likeness (QED) is 0.140. The topological polar surface area (TPSA) is 116 Å². The number of hydrogen-bond donors (Lipinski definition) is 3. The second-order valence-corrected chi connectivity index (χ2v) is 8.10. The van der Waals surface area contributed by atoms with E-state index in [9.17, 15) is 14.7 Å². The number of carboxylic acid groups (broad SMARTS) is 1. The van der Waals surface area contributed by atoms with Crippen LogP contribution in [0.1, 0.15) is 57.5 Å². The normalized spacial score (nSPS) is 10.9. The third-order valence-corrected chi connectivity index (χ3v) is 5.47. The molecule has 0 aliphatic heterocycles. The van der Waals surface area contributed by atoms with Crippen LogP contribution in [0.25, 0.3) is 6.08 Å². The van der Waals surface area contributed by atoms with Crippen LogP contribution in [0, 0.1) is 0 Å². The summed E-state index contributed by atoms with van der Waals surface area (Å²) in [6, 6.07) is 19.5. The Morgan fingerprint density at radius 1 is 0.882 bits per heavy atom. The zero-order valence-corrected chi connectivity index (χ0v) is 19.1. The second kappa shape index (κ2) is 12.3. The lowest BCUT2D eigenvalue weighted by molar-refractivity contribution is 0.0696. The molecule has 0 spiro atoms. The first-order valence-corrected chi connectivity index (χ1v) is 11.4. The Bertz CT molecular complexity index is 1160. The molecule has 6 nitrogen and oxygen atoms in total. The minimum atomic E-state index is -1.01. The Morgan fingerprint density at radius 2 is 1.65 bits per heavy atom. The van der Waals surface area contributed by atoms with Gasteiger partial charge in [0.25, 0.3) is 0 Å². The van der Waals surface area contributed by atoms with E-state index in [1.807, 2.05) is 12.1 Å². The largest absolute Gasteiger partial charge is 0.491 e. The number of aryl methyl sites for hydroxylation is 1. The van der Waals surface area contributed by atoms with Gasteiger partial charge in [-0.05, 0) is 60.7 Å². The number of carbonyl (C=O) groups is 2. The van der Waals surface area contributed by atoms with Gasteiger partial charge in [-0.25, -0.2) is 4.79 Å². The van der Waals surface area contributed by atoms with E-state index in [4.69, 9.17) is 16.2 Å². The van der Waals surface area contributed by atoms with Gasteiger partial charge in [-0.2, -0.15) is 0 Å². The molecule has 0 amide bonds. The maximum atomic E-state index is 12.3. The first-order chi connectivity index (χ1) is 16.4. The number of aromatic carboxylic acids is 1. The predicted molar refractivity (Wildman–Crippen MR) is 136 cm³/mol. The second-order valence-electron chi connectivity index (χ2n) is 8.10. The molecule has 0 bridgehead atoms. The van der Waals surface area contributed by atoms with Crippen molar-refractivity contribution in [3.05, 3.63) is 95.1 Å². The number of ether oxygens (including phenoxy) is 1. The lowest BCUT2D eigenvalue weighted by atomic mass is 9.99. The van der Waals surface area contributed by atoms with E-state index in [2.05, 4.69) is 0 Å². The number of allylic oxidation sites excluding steroid dienone is 1. The SMILES string of the molecule is Nc1ccc(OCCCCCCc2ccc(C=CC(=O)c3ccccc3)c(C(=O)O)c2)c(N)c1. The smallest absolute Gasteiger partial charge is 0.336 e. The number of carbonyl (C=O) groups excluding carboxylic acids is 1. The minimum absolute atomic E-state index is 0.163. The van der Waals surface area contributed by atoms with E-state index < -0.39 is 5.97 Å². The van der Waals surface area contributed by atoms with Gasteiger partial charge in [0.2, 0.25) is 0 Å². The van der Waals surface area contributed by atoms with E-state index >= 15 is 0 Å². The average Bonchev–Trinajstić information content (AvgIpc) is 2.83. The van der Waals surface area contributed by atoms with E-state index in [1.54, 1.807) is 60.7 Å². The van der Waals surface area contributed by atoms with Gasteiger partial charge in [0, 0.05) is 11.3 Å². The molecule has 0 heterocycles. The lowest BCUT2D eigenvalue weighted by Gasteiger charge is -2.09. The molecule has 0 atom stereocenters. The van der Waals surface area contributed by atoms with Crippen molar-refractivity contribution in [1.29, 1.82) is 0 Å². The van der Waals surface area contributed by atoms with Crippen molar-refractivity contribution in [2.75, 3.05) is 18.1 Å². The number of benzene rings is 3. The molecule has 176 valence electrons. The van der Waals surface area contributed by atoms with Crippen LogP contribution in [0.4, 0.5) is 11.4 Å². The summed E-state index contributed by atoms with van der Waals surface area (Å²) < 4.78 is 5.70. The van der Waals surface area contributed by atoms with Gasteiger partial charge in [-0.1, -0.05) is 61.4 Å². The molecule has 34 heavy (non-hydrogen) atoms. The minimum Gasteiger partial charge on any atom is -0.491 e. The van der Waals surface area contributed by atoms with Crippen molar-refractivity contribution in [2.45, 2.75) is 32.1 Å². The number of ketones is 1. The molecule has 6 heteroatoms. The fraction of sp³-hybridized carbons (Fsp3) is 0.214. The number of rotatable bonds is 12. The van der Waals surface area contributed by atoms with Crippen molar-refractivity contribution < 1.29 is 19.4 Å². The fourth-order valence-electron chi connectivity index (χ4n) is 3.62. The Morgan fingerprint density at radius 3 is 2.38 bits per heavy atom. The number of hydrogen-bond acceptors (Lipinski definition) is 5. The number of anilines is 2. The van der Waals surface area contributed by atoms with Gasteiger partial charge in [0.05, 0.1) is 17.9 Å². The molecular formula is C28H30N2O4. The monoisotopic (exact) mass is 458 g/mol. The highest BCUT2D eigenvalue weighted by atomic mass is 16.5. The highest BCUT2D eigenvalue weighted by Crippen LogP contribution is 2.24. The summed E-state index contributed by atoms with van der Waals surface area (Å²) in [6.07, 6.45) is 7.64. The van der Waals surface area contributed by atoms with Crippen LogP contribution in [0.15, 0.2) is 72.8 Å². The molecule has 3 rings (SSSR count). The Balaban J connectivity index is 1.46. The van der Waals surface area contributed by atoms with Gasteiger partial charge < -0.3 is 21.3 Å². The number of nitrogen functional groups attached to an aromatic ring is 2. The summed E-state index contributed by atoms with van der Waals surface area (Å²) in [5.74, 6) is -0.521. The summed E-state index contributed by atoms with van der Waals surface area (Å²) in [6.45, 7) is 0.583. The predicted octanol–water partition coefficient (Wildman–Crippen LogP) is 5.63. The molecule has 0 saturated carbocycles. The summed E-state index contributed by atoms with van der Waals surface area (Å²) in [7, 11) is 0. The number of unbranched alkanes of at least 4 members (excludes halogenated alkanes) is 3. The first-order valence-electron chi connectivity index (χ1n) is 11.4. The van der Waals surface area contributed by atoms with Crippen LogP contribution in [0.5, 0.6) is 5.75 Å². The lowest BCUT2D eigenvalue weighted by Crippen LogP contribution is -2.02. The van der Waals surface area contributed by atoms with Crippen LogP contribution in [0.3, 0.4) is 0 Å². The van der Waals surface area contributed by atoms with Crippen molar-refractivity contribution >= 4 is 29.2 Å². The average molecular weight is 459 g/mol. The summed E-state index contributed by atoms with van der Waals surface area (Å²) in [4.78, 5) is 24.0. The van der Waals surface area contributed by atoms with Crippen molar-refractivity contribution in [3.63, 3.8) is 0 Å². The Kier molecular flexibility index (Phi) is 8.86. The third-order valence-electron chi connectivity index (χ3n) is 5.47. The van der Waals surface area contributed by atoms with Crippen molar-refractivity contribution in [1.82, 2.24) is 0 Å². The molecule has 5 N–H and O–H groups in total. The zero-order chi connectivity index (χ0) is 24.3. The Hall–Kier alpha value is -4.06. The van der Waals surface area contributed by atoms with E-state index in [-0.39, 0.29) is 11.3 Å². The highest BCUT2D eigenvalue weighted by Gasteiger charge is 2.10. The van der Waals surface area contributed by atoms with Gasteiger partial charge in [0.15, 0.2) is 5.78 Å². The van der Waals surface area contributed by atoms with Gasteiger partial charge in [0.1, 0.15) is 5.75 Å². The summed E-state index contributed by atoms with van der Waals surface area (Å²) in [5, 5.41) is 9.62. The maximum absolute atomic E-state index is 12.3. The Labute approximate surface area is 199 Å². The highest BCUT2D eigenvalue weighted by molar-refractivity contribution is 6.07. The van der Waals surface area contributed by atoms with Crippen LogP contribution in [-0.4, -0.2) is 23.5 Å². The van der Waals surface area contributed by atoms with Gasteiger partial charge in [-0.15, -0.1) is 0 Å². The van der Waals surface area contributed by atoms with Crippen LogP contribution >= 0.6 is 0 Å². The molecular weight excluding hydrogens is 428 g/mol.